The van der Waals surface area contributed by atoms with Crippen LogP contribution in [0.15, 0.2) is 48.8 Å². The van der Waals surface area contributed by atoms with Gasteiger partial charge in [-0.15, -0.1) is 10.2 Å². The molecule has 0 fully saturated rings. The molecule has 142 valence electrons. The molecule has 0 aliphatic heterocycles. The zero-order valence-electron chi connectivity index (χ0n) is 16.2. The van der Waals surface area contributed by atoms with Gasteiger partial charge in [0, 0.05) is 23.6 Å². The number of imidazole rings is 1. The van der Waals surface area contributed by atoms with E-state index in [4.69, 9.17) is 0 Å². The first kappa shape index (κ1) is 17.8. The number of fused-ring (bicyclic) bond motifs is 1. The zero-order valence-corrected chi connectivity index (χ0v) is 16.2. The molecule has 0 spiro atoms. The molecule has 0 saturated heterocycles. The second kappa shape index (κ2) is 6.56. The standard InChI is InChI=1S/C20H21N7O/c1-13-9-10-26-12-16(22-17(26)11-13)14-5-7-15(8-6-14)21-19(28)18-23-25-27(24-18)20(2,3)4/h5-12H,1-4H3,(H,21,28). The number of carbonyl (C=O) groups is 1. The fraction of sp³-hybridized carbons (Fsp3) is 0.250. The van der Waals surface area contributed by atoms with E-state index in [2.05, 4.69) is 25.7 Å². The summed E-state index contributed by atoms with van der Waals surface area (Å²) in [7, 11) is 0. The third kappa shape index (κ3) is 3.48. The molecule has 8 heteroatoms. The maximum absolute atomic E-state index is 12.4. The van der Waals surface area contributed by atoms with Crippen LogP contribution in [0.25, 0.3) is 16.9 Å². The quantitative estimate of drug-likeness (QED) is 0.593. The van der Waals surface area contributed by atoms with Crippen molar-refractivity contribution in [2.75, 3.05) is 5.32 Å². The van der Waals surface area contributed by atoms with Crippen LogP contribution in [0, 0.1) is 6.92 Å². The number of rotatable bonds is 3. The SMILES string of the molecule is Cc1ccn2cc(-c3ccc(NC(=O)c4nnn(C(C)(C)C)n4)cc3)nc2c1. The average Bonchev–Trinajstić information content (AvgIpc) is 3.29. The van der Waals surface area contributed by atoms with Crippen molar-refractivity contribution in [2.45, 2.75) is 33.2 Å². The van der Waals surface area contributed by atoms with E-state index in [9.17, 15) is 4.79 Å². The molecule has 0 unspecified atom stereocenters. The predicted molar refractivity (Wildman–Crippen MR) is 106 cm³/mol. The number of tetrazole rings is 1. The van der Waals surface area contributed by atoms with Crippen LogP contribution < -0.4 is 5.32 Å². The molecule has 3 heterocycles. The van der Waals surface area contributed by atoms with Gasteiger partial charge < -0.3 is 9.72 Å². The summed E-state index contributed by atoms with van der Waals surface area (Å²) in [6.07, 6.45) is 3.98. The van der Waals surface area contributed by atoms with Crippen LogP contribution in [0.1, 0.15) is 37.0 Å². The first-order valence-electron chi connectivity index (χ1n) is 8.97. The van der Waals surface area contributed by atoms with Crippen LogP contribution in [0.4, 0.5) is 5.69 Å². The molecular weight excluding hydrogens is 354 g/mol. The largest absolute Gasteiger partial charge is 0.319 e. The first-order chi connectivity index (χ1) is 13.3. The van der Waals surface area contributed by atoms with E-state index in [1.807, 2.05) is 80.9 Å². The summed E-state index contributed by atoms with van der Waals surface area (Å²) in [6.45, 7) is 7.86. The third-order valence-corrected chi connectivity index (χ3v) is 4.27. The number of amides is 1. The molecule has 4 aromatic rings. The Hall–Kier alpha value is -3.55. The van der Waals surface area contributed by atoms with Gasteiger partial charge in [-0.3, -0.25) is 4.79 Å². The Kier molecular flexibility index (Phi) is 4.18. The van der Waals surface area contributed by atoms with Crippen molar-refractivity contribution in [2.24, 2.45) is 0 Å². The van der Waals surface area contributed by atoms with E-state index in [1.54, 1.807) is 0 Å². The fourth-order valence-electron chi connectivity index (χ4n) is 2.72. The molecule has 1 amide bonds. The first-order valence-corrected chi connectivity index (χ1v) is 8.97. The minimum absolute atomic E-state index is 0.0368. The van der Waals surface area contributed by atoms with Crippen LogP contribution in [-0.2, 0) is 5.54 Å². The fourth-order valence-corrected chi connectivity index (χ4v) is 2.72. The lowest BCUT2D eigenvalue weighted by molar-refractivity contribution is 0.101. The number of hydrogen-bond donors (Lipinski definition) is 1. The van der Waals surface area contributed by atoms with Gasteiger partial charge in [0.15, 0.2) is 0 Å². The highest BCUT2D eigenvalue weighted by molar-refractivity contribution is 6.01. The Labute approximate surface area is 162 Å². The second-order valence-corrected chi connectivity index (χ2v) is 7.70. The van der Waals surface area contributed by atoms with Gasteiger partial charge in [-0.2, -0.15) is 4.80 Å². The Balaban J connectivity index is 1.51. The maximum Gasteiger partial charge on any atom is 0.297 e. The Morgan fingerprint density at radius 1 is 1.11 bits per heavy atom. The van der Waals surface area contributed by atoms with Gasteiger partial charge in [0.1, 0.15) is 5.65 Å². The van der Waals surface area contributed by atoms with Crippen molar-refractivity contribution < 1.29 is 4.79 Å². The smallest absolute Gasteiger partial charge is 0.297 e. The Bertz CT molecular complexity index is 1150. The molecule has 0 saturated carbocycles. The highest BCUT2D eigenvalue weighted by Gasteiger charge is 2.20. The van der Waals surface area contributed by atoms with E-state index >= 15 is 0 Å². The van der Waals surface area contributed by atoms with E-state index in [1.165, 1.54) is 10.4 Å². The van der Waals surface area contributed by atoms with Gasteiger partial charge in [-0.1, -0.05) is 12.1 Å². The molecule has 0 atom stereocenters. The summed E-state index contributed by atoms with van der Waals surface area (Å²) in [5, 5.41) is 14.7. The molecule has 8 nitrogen and oxygen atoms in total. The maximum atomic E-state index is 12.4. The lowest BCUT2D eigenvalue weighted by Crippen LogP contribution is -2.25. The molecule has 0 aliphatic carbocycles. The summed E-state index contributed by atoms with van der Waals surface area (Å²) in [5.74, 6) is -0.360. The van der Waals surface area contributed by atoms with Gasteiger partial charge >= 0.3 is 0 Å². The van der Waals surface area contributed by atoms with Gasteiger partial charge in [0.25, 0.3) is 11.7 Å². The summed E-state index contributed by atoms with van der Waals surface area (Å²) in [6, 6.07) is 11.6. The van der Waals surface area contributed by atoms with Crippen molar-refractivity contribution in [1.82, 2.24) is 29.6 Å². The van der Waals surface area contributed by atoms with Crippen molar-refractivity contribution in [1.29, 1.82) is 0 Å². The van der Waals surface area contributed by atoms with Crippen LogP contribution in [0.2, 0.25) is 0 Å². The van der Waals surface area contributed by atoms with Gasteiger partial charge in [0.2, 0.25) is 0 Å². The monoisotopic (exact) mass is 375 g/mol. The summed E-state index contributed by atoms with van der Waals surface area (Å²) in [5.41, 5.74) is 4.23. The Morgan fingerprint density at radius 2 is 1.86 bits per heavy atom. The van der Waals surface area contributed by atoms with Crippen molar-refractivity contribution >= 4 is 17.2 Å². The van der Waals surface area contributed by atoms with Crippen molar-refractivity contribution in [3.8, 4) is 11.3 Å². The average molecular weight is 375 g/mol. The van der Waals surface area contributed by atoms with E-state index in [0.29, 0.717) is 5.69 Å². The molecule has 0 bridgehead atoms. The number of benzene rings is 1. The lowest BCUT2D eigenvalue weighted by Gasteiger charge is -2.15. The topological polar surface area (TPSA) is 90.0 Å². The van der Waals surface area contributed by atoms with E-state index < -0.39 is 5.91 Å². The van der Waals surface area contributed by atoms with Crippen molar-refractivity contribution in [3.05, 3.63) is 60.2 Å². The molecule has 1 N–H and O–H groups in total. The van der Waals surface area contributed by atoms with Gasteiger partial charge in [-0.05, 0) is 62.7 Å². The van der Waals surface area contributed by atoms with Crippen LogP contribution in [0.5, 0.6) is 0 Å². The number of anilines is 1. The molecule has 0 aliphatic rings. The highest BCUT2D eigenvalue weighted by Crippen LogP contribution is 2.22. The minimum Gasteiger partial charge on any atom is -0.319 e. The number of nitrogens with zero attached hydrogens (tertiary/aromatic N) is 6. The van der Waals surface area contributed by atoms with Crippen LogP contribution in [0.3, 0.4) is 0 Å². The second-order valence-electron chi connectivity index (χ2n) is 7.70. The molecule has 0 radical (unpaired) electrons. The molecule has 28 heavy (non-hydrogen) atoms. The number of hydrogen-bond acceptors (Lipinski definition) is 5. The number of carbonyl (C=O) groups excluding carboxylic acids is 1. The number of aryl methyl sites for hydroxylation is 1. The van der Waals surface area contributed by atoms with E-state index in [0.717, 1.165) is 16.9 Å². The number of aromatic nitrogens is 6. The third-order valence-electron chi connectivity index (χ3n) is 4.27. The van der Waals surface area contributed by atoms with Crippen LogP contribution >= 0.6 is 0 Å². The molecule has 1 aromatic carbocycles. The lowest BCUT2D eigenvalue weighted by atomic mass is 10.1. The number of pyridine rings is 1. The zero-order chi connectivity index (χ0) is 19.9. The normalized spacial score (nSPS) is 11.7. The van der Waals surface area contributed by atoms with Crippen LogP contribution in [-0.4, -0.2) is 35.5 Å². The highest BCUT2D eigenvalue weighted by atomic mass is 16.2. The van der Waals surface area contributed by atoms with E-state index in [-0.39, 0.29) is 11.4 Å². The molecular formula is C20H21N7O. The molecule has 4 rings (SSSR count). The van der Waals surface area contributed by atoms with Gasteiger partial charge in [-0.25, -0.2) is 4.98 Å². The summed E-state index contributed by atoms with van der Waals surface area (Å²) in [4.78, 5) is 18.4. The summed E-state index contributed by atoms with van der Waals surface area (Å²) < 4.78 is 1.99. The van der Waals surface area contributed by atoms with Gasteiger partial charge in [0.05, 0.1) is 11.2 Å². The molecule has 3 aromatic heterocycles. The minimum atomic E-state index is -0.397. The summed E-state index contributed by atoms with van der Waals surface area (Å²) >= 11 is 0. The predicted octanol–water partition coefficient (Wildman–Crippen LogP) is 3.30. The Morgan fingerprint density at radius 3 is 2.54 bits per heavy atom. The van der Waals surface area contributed by atoms with Crippen molar-refractivity contribution in [3.63, 3.8) is 0 Å². The number of nitrogens with one attached hydrogen (secondary N) is 1.